The van der Waals surface area contributed by atoms with Crippen molar-refractivity contribution in [2.24, 2.45) is 5.92 Å². The number of amides is 1. The SMILES string of the molecule is CCNC(=O)c1ccc(N2Cc3cnc(CC(C)C)nc3C2)nc1. The number of hydrogen-bond acceptors (Lipinski definition) is 5. The van der Waals surface area contributed by atoms with Gasteiger partial charge in [0.15, 0.2) is 0 Å². The molecule has 0 fully saturated rings. The van der Waals surface area contributed by atoms with Crippen LogP contribution in [0.5, 0.6) is 0 Å². The zero-order chi connectivity index (χ0) is 17.1. The topological polar surface area (TPSA) is 71.0 Å². The number of hydrogen-bond donors (Lipinski definition) is 1. The lowest BCUT2D eigenvalue weighted by Crippen LogP contribution is -2.23. The molecule has 2 aromatic heterocycles. The van der Waals surface area contributed by atoms with Gasteiger partial charge >= 0.3 is 0 Å². The molecule has 1 N–H and O–H groups in total. The molecule has 0 saturated heterocycles. The number of nitrogens with zero attached hydrogens (tertiary/aromatic N) is 4. The van der Waals surface area contributed by atoms with Gasteiger partial charge in [0.25, 0.3) is 5.91 Å². The fraction of sp³-hybridized carbons (Fsp3) is 0.444. The fourth-order valence-electron chi connectivity index (χ4n) is 2.79. The van der Waals surface area contributed by atoms with Crippen molar-refractivity contribution in [3.63, 3.8) is 0 Å². The normalized spacial score (nSPS) is 13.2. The maximum atomic E-state index is 11.8. The van der Waals surface area contributed by atoms with Gasteiger partial charge in [-0.2, -0.15) is 0 Å². The Morgan fingerprint density at radius 3 is 2.75 bits per heavy atom. The van der Waals surface area contributed by atoms with Crippen LogP contribution in [0.2, 0.25) is 0 Å². The molecule has 0 radical (unpaired) electrons. The summed E-state index contributed by atoms with van der Waals surface area (Å²) in [6.45, 7) is 8.34. The summed E-state index contributed by atoms with van der Waals surface area (Å²) in [5.74, 6) is 2.21. The van der Waals surface area contributed by atoms with E-state index >= 15 is 0 Å². The van der Waals surface area contributed by atoms with Gasteiger partial charge in [-0.3, -0.25) is 4.79 Å². The minimum atomic E-state index is -0.0922. The molecule has 3 rings (SSSR count). The summed E-state index contributed by atoms with van der Waals surface area (Å²) in [6.07, 6.45) is 4.45. The van der Waals surface area contributed by atoms with Crippen molar-refractivity contribution in [3.05, 3.63) is 47.2 Å². The summed E-state index contributed by atoms with van der Waals surface area (Å²) in [7, 11) is 0. The van der Waals surface area contributed by atoms with Gasteiger partial charge in [0, 0.05) is 37.5 Å². The first-order valence-corrected chi connectivity index (χ1v) is 8.39. The van der Waals surface area contributed by atoms with E-state index < -0.39 is 0 Å². The molecule has 0 aromatic carbocycles. The van der Waals surface area contributed by atoms with Crippen molar-refractivity contribution < 1.29 is 4.79 Å². The lowest BCUT2D eigenvalue weighted by atomic mass is 10.1. The Bertz CT molecular complexity index is 727. The molecule has 6 heteroatoms. The van der Waals surface area contributed by atoms with Gasteiger partial charge in [-0.15, -0.1) is 0 Å². The van der Waals surface area contributed by atoms with Crippen LogP contribution < -0.4 is 10.2 Å². The molecule has 1 aliphatic heterocycles. The molecular weight excluding hydrogens is 302 g/mol. The summed E-state index contributed by atoms with van der Waals surface area (Å²) in [6, 6.07) is 3.70. The zero-order valence-corrected chi connectivity index (χ0v) is 14.4. The van der Waals surface area contributed by atoms with E-state index in [1.54, 1.807) is 6.20 Å². The number of aromatic nitrogens is 3. The van der Waals surface area contributed by atoms with Gasteiger partial charge < -0.3 is 10.2 Å². The Morgan fingerprint density at radius 1 is 1.25 bits per heavy atom. The molecule has 6 nitrogen and oxygen atoms in total. The predicted octanol–water partition coefficient (Wildman–Crippen LogP) is 2.34. The van der Waals surface area contributed by atoms with Crippen LogP contribution in [0.1, 0.15) is 48.2 Å². The number of nitrogens with one attached hydrogen (secondary N) is 1. The Morgan fingerprint density at radius 2 is 2.08 bits per heavy atom. The quantitative estimate of drug-likeness (QED) is 0.913. The van der Waals surface area contributed by atoms with Crippen LogP contribution in [0.25, 0.3) is 0 Å². The molecule has 0 spiro atoms. The van der Waals surface area contributed by atoms with Gasteiger partial charge in [0.05, 0.1) is 17.8 Å². The van der Waals surface area contributed by atoms with Crippen molar-refractivity contribution in [3.8, 4) is 0 Å². The van der Waals surface area contributed by atoms with Gasteiger partial charge in [-0.05, 0) is 25.0 Å². The molecule has 126 valence electrons. The highest BCUT2D eigenvalue weighted by Gasteiger charge is 2.22. The lowest BCUT2D eigenvalue weighted by Gasteiger charge is -2.16. The van der Waals surface area contributed by atoms with E-state index in [1.165, 1.54) is 0 Å². The average molecular weight is 325 g/mol. The van der Waals surface area contributed by atoms with Gasteiger partial charge in [-0.25, -0.2) is 15.0 Å². The number of carbonyl (C=O) groups excluding carboxylic acids is 1. The molecule has 0 saturated carbocycles. The number of fused-ring (bicyclic) bond motifs is 1. The van der Waals surface area contributed by atoms with E-state index in [-0.39, 0.29) is 5.91 Å². The number of pyridine rings is 1. The first kappa shape index (κ1) is 16.4. The average Bonchev–Trinajstić information content (AvgIpc) is 2.98. The van der Waals surface area contributed by atoms with E-state index in [1.807, 2.05) is 25.3 Å². The van der Waals surface area contributed by atoms with Crippen LogP contribution in [-0.2, 0) is 19.5 Å². The Hall–Kier alpha value is -2.50. The molecule has 24 heavy (non-hydrogen) atoms. The Kier molecular flexibility index (Phi) is 4.74. The molecule has 2 aromatic rings. The van der Waals surface area contributed by atoms with E-state index in [0.29, 0.717) is 18.0 Å². The molecule has 0 aliphatic carbocycles. The highest BCUT2D eigenvalue weighted by Crippen LogP contribution is 2.25. The van der Waals surface area contributed by atoms with Gasteiger partial charge in [-0.1, -0.05) is 13.8 Å². The van der Waals surface area contributed by atoms with E-state index in [4.69, 9.17) is 4.98 Å². The number of rotatable bonds is 5. The van der Waals surface area contributed by atoms with E-state index in [0.717, 1.165) is 42.4 Å². The first-order chi connectivity index (χ1) is 11.6. The molecule has 1 aliphatic rings. The molecule has 1 amide bonds. The number of carbonyl (C=O) groups is 1. The van der Waals surface area contributed by atoms with Crippen molar-refractivity contribution in [1.29, 1.82) is 0 Å². The van der Waals surface area contributed by atoms with Crippen LogP contribution in [0.4, 0.5) is 5.82 Å². The fourth-order valence-corrected chi connectivity index (χ4v) is 2.79. The third kappa shape index (κ3) is 3.53. The molecular formula is C18H23N5O. The van der Waals surface area contributed by atoms with Crippen molar-refractivity contribution in [1.82, 2.24) is 20.3 Å². The summed E-state index contributed by atoms with van der Waals surface area (Å²) < 4.78 is 0. The Balaban J connectivity index is 1.72. The smallest absolute Gasteiger partial charge is 0.252 e. The third-order valence-corrected chi connectivity index (χ3v) is 3.97. The summed E-state index contributed by atoms with van der Waals surface area (Å²) in [4.78, 5) is 27.5. The van der Waals surface area contributed by atoms with Crippen molar-refractivity contribution in [2.45, 2.75) is 40.3 Å². The highest BCUT2D eigenvalue weighted by molar-refractivity contribution is 5.94. The molecule has 0 unspecified atom stereocenters. The number of anilines is 1. The summed E-state index contributed by atoms with van der Waals surface area (Å²) in [5.41, 5.74) is 2.81. The second-order valence-electron chi connectivity index (χ2n) is 6.48. The third-order valence-electron chi connectivity index (χ3n) is 3.97. The van der Waals surface area contributed by atoms with Crippen LogP contribution in [0.15, 0.2) is 24.5 Å². The largest absolute Gasteiger partial charge is 0.352 e. The molecule has 0 atom stereocenters. The first-order valence-electron chi connectivity index (χ1n) is 8.39. The zero-order valence-electron chi connectivity index (χ0n) is 14.4. The van der Waals surface area contributed by atoms with Gasteiger partial charge in [0.2, 0.25) is 0 Å². The second kappa shape index (κ2) is 6.95. The maximum absolute atomic E-state index is 11.8. The molecule has 0 bridgehead atoms. The van der Waals surface area contributed by atoms with Gasteiger partial charge in [0.1, 0.15) is 11.6 Å². The Labute approximate surface area is 142 Å². The van der Waals surface area contributed by atoms with Crippen LogP contribution in [-0.4, -0.2) is 27.4 Å². The maximum Gasteiger partial charge on any atom is 0.252 e. The standard InChI is InChI=1S/C18H23N5O/c1-4-19-18(24)13-5-6-17(21-8-13)23-10-14-9-20-16(7-12(2)3)22-15(14)11-23/h5-6,8-9,12H,4,7,10-11H2,1-3H3,(H,19,24). The van der Waals surface area contributed by atoms with Crippen LogP contribution in [0.3, 0.4) is 0 Å². The minimum absolute atomic E-state index is 0.0922. The highest BCUT2D eigenvalue weighted by atomic mass is 16.1. The van der Waals surface area contributed by atoms with Crippen molar-refractivity contribution >= 4 is 11.7 Å². The van der Waals surface area contributed by atoms with Crippen LogP contribution in [0, 0.1) is 5.92 Å². The predicted molar refractivity (Wildman–Crippen MR) is 92.7 cm³/mol. The van der Waals surface area contributed by atoms with Crippen molar-refractivity contribution in [2.75, 3.05) is 11.4 Å². The van der Waals surface area contributed by atoms with Crippen LogP contribution >= 0.6 is 0 Å². The summed E-state index contributed by atoms with van der Waals surface area (Å²) in [5, 5.41) is 2.78. The van der Waals surface area contributed by atoms with E-state index in [9.17, 15) is 4.79 Å². The van der Waals surface area contributed by atoms with E-state index in [2.05, 4.69) is 34.0 Å². The monoisotopic (exact) mass is 325 g/mol. The second-order valence-corrected chi connectivity index (χ2v) is 6.48. The minimum Gasteiger partial charge on any atom is -0.352 e. The molecule has 3 heterocycles. The summed E-state index contributed by atoms with van der Waals surface area (Å²) >= 11 is 0. The lowest BCUT2D eigenvalue weighted by molar-refractivity contribution is 0.0955.